The van der Waals surface area contributed by atoms with E-state index in [0.29, 0.717) is 0 Å². The number of anilines is 1. The molecule has 1 aromatic rings. The van der Waals surface area contributed by atoms with Crippen LogP contribution < -0.4 is 5.73 Å². The summed E-state index contributed by atoms with van der Waals surface area (Å²) in [6, 6.07) is 3.79. The smallest absolute Gasteiger partial charge is 0.340 e. The third-order valence-electron chi connectivity index (χ3n) is 3.29. The summed E-state index contributed by atoms with van der Waals surface area (Å²) in [6.45, 7) is 0. The Morgan fingerprint density at radius 1 is 1.32 bits per heavy atom. The Morgan fingerprint density at radius 2 is 2.00 bits per heavy atom. The van der Waals surface area contributed by atoms with E-state index in [1.165, 1.54) is 18.2 Å². The van der Waals surface area contributed by atoms with Crippen molar-refractivity contribution in [2.75, 3.05) is 5.73 Å². The van der Waals surface area contributed by atoms with Gasteiger partial charge in [-0.05, 0) is 31.7 Å². The fourth-order valence-corrected chi connectivity index (χ4v) is 2.23. The van der Waals surface area contributed by atoms with Gasteiger partial charge in [0.15, 0.2) is 0 Å². The van der Waals surface area contributed by atoms with Crippen LogP contribution in [0.1, 0.15) is 42.5 Å². The average Bonchev–Trinajstić information content (AvgIpc) is 2.40. The molecule has 0 aliphatic heterocycles. The maximum Gasteiger partial charge on any atom is 0.340 e. The Morgan fingerprint density at radius 3 is 2.63 bits per heavy atom. The highest BCUT2D eigenvalue weighted by Gasteiger charge is 2.21. The van der Waals surface area contributed by atoms with Crippen LogP contribution in [0.5, 0.6) is 0 Å². The highest BCUT2D eigenvalue weighted by molar-refractivity contribution is 5.95. The number of nitrogen functional groups attached to an aromatic ring is 1. The molecule has 0 saturated heterocycles. The van der Waals surface area contributed by atoms with E-state index in [1.807, 2.05) is 0 Å². The molecule has 0 aromatic heterocycles. The number of carbonyl (C=O) groups excluding carboxylic acids is 1. The van der Waals surface area contributed by atoms with E-state index in [0.717, 1.165) is 32.1 Å². The van der Waals surface area contributed by atoms with Crippen molar-refractivity contribution in [1.29, 1.82) is 0 Å². The predicted molar refractivity (Wildman–Crippen MR) is 69.8 cm³/mol. The van der Waals surface area contributed by atoms with Crippen LogP contribution >= 0.6 is 0 Å². The molecule has 2 N–H and O–H groups in total. The number of hydrogen-bond donors (Lipinski definition) is 1. The summed E-state index contributed by atoms with van der Waals surface area (Å²) in [6.07, 6.45) is 4.85. The lowest BCUT2D eigenvalue weighted by Crippen LogP contribution is -2.21. The monoisotopic (exact) mass is 264 g/mol. The van der Waals surface area contributed by atoms with Gasteiger partial charge in [-0.3, -0.25) is 10.1 Å². The molecule has 0 unspecified atom stereocenters. The predicted octanol–water partition coefficient (Wildman–Crippen LogP) is 2.67. The highest BCUT2D eigenvalue weighted by atomic mass is 16.6. The lowest BCUT2D eigenvalue weighted by molar-refractivity contribution is -0.384. The first kappa shape index (κ1) is 13.3. The SMILES string of the molecule is Nc1ccc([N+](=O)[O-])cc1C(=O)OC1CCCCC1. The first-order valence-electron chi connectivity index (χ1n) is 6.33. The van der Waals surface area contributed by atoms with Crippen molar-refractivity contribution in [3.63, 3.8) is 0 Å². The number of esters is 1. The van der Waals surface area contributed by atoms with E-state index in [-0.39, 0.29) is 23.0 Å². The van der Waals surface area contributed by atoms with Gasteiger partial charge < -0.3 is 10.5 Å². The van der Waals surface area contributed by atoms with E-state index < -0.39 is 10.9 Å². The van der Waals surface area contributed by atoms with E-state index in [4.69, 9.17) is 10.5 Å². The second-order valence-corrected chi connectivity index (χ2v) is 4.69. The molecule has 1 fully saturated rings. The first-order chi connectivity index (χ1) is 9.08. The summed E-state index contributed by atoms with van der Waals surface area (Å²) in [5, 5.41) is 10.7. The number of nitrogens with two attached hydrogens (primary N) is 1. The Kier molecular flexibility index (Phi) is 3.99. The number of benzene rings is 1. The number of non-ortho nitro benzene ring substituents is 1. The summed E-state index contributed by atoms with van der Waals surface area (Å²) in [4.78, 5) is 22.1. The van der Waals surface area contributed by atoms with E-state index in [2.05, 4.69) is 0 Å². The molecule has 1 aliphatic carbocycles. The van der Waals surface area contributed by atoms with Gasteiger partial charge in [0.1, 0.15) is 6.10 Å². The molecule has 0 atom stereocenters. The lowest BCUT2D eigenvalue weighted by atomic mass is 9.98. The molecule has 0 amide bonds. The quantitative estimate of drug-likeness (QED) is 0.392. The third kappa shape index (κ3) is 3.21. The minimum absolute atomic E-state index is 0.0692. The Hall–Kier alpha value is -2.11. The van der Waals surface area contributed by atoms with Gasteiger partial charge in [-0.2, -0.15) is 0 Å². The molecule has 6 heteroatoms. The Labute approximate surface area is 110 Å². The molecule has 102 valence electrons. The number of rotatable bonds is 3. The van der Waals surface area contributed by atoms with E-state index >= 15 is 0 Å². The van der Waals surface area contributed by atoms with Gasteiger partial charge in [0, 0.05) is 17.8 Å². The number of nitrogens with zero attached hydrogens (tertiary/aromatic N) is 1. The molecule has 0 bridgehead atoms. The van der Waals surface area contributed by atoms with Crippen LogP contribution in [0.3, 0.4) is 0 Å². The molecular weight excluding hydrogens is 248 g/mol. The second kappa shape index (κ2) is 5.69. The molecular formula is C13H16N2O4. The zero-order valence-corrected chi connectivity index (χ0v) is 10.5. The third-order valence-corrected chi connectivity index (χ3v) is 3.29. The first-order valence-corrected chi connectivity index (χ1v) is 6.33. The van der Waals surface area contributed by atoms with Gasteiger partial charge in [-0.15, -0.1) is 0 Å². The lowest BCUT2D eigenvalue weighted by Gasteiger charge is -2.22. The minimum Gasteiger partial charge on any atom is -0.459 e. The van der Waals surface area contributed by atoms with Crippen LogP contribution in [0.2, 0.25) is 0 Å². The molecule has 0 spiro atoms. The van der Waals surface area contributed by atoms with Crippen molar-refractivity contribution >= 4 is 17.3 Å². The fraction of sp³-hybridized carbons (Fsp3) is 0.462. The molecule has 1 aliphatic rings. The van der Waals surface area contributed by atoms with E-state index in [9.17, 15) is 14.9 Å². The van der Waals surface area contributed by atoms with Crippen LogP contribution in [0, 0.1) is 10.1 Å². The number of ether oxygens (including phenoxy) is 1. The molecule has 6 nitrogen and oxygen atoms in total. The van der Waals surface area contributed by atoms with Gasteiger partial charge in [0.05, 0.1) is 10.5 Å². The Bertz CT molecular complexity index is 495. The van der Waals surface area contributed by atoms with Crippen molar-refractivity contribution in [2.24, 2.45) is 0 Å². The topological polar surface area (TPSA) is 95.5 Å². The zero-order chi connectivity index (χ0) is 13.8. The maximum atomic E-state index is 12.0. The fourth-order valence-electron chi connectivity index (χ4n) is 2.23. The van der Waals surface area contributed by atoms with Gasteiger partial charge in [-0.25, -0.2) is 4.79 Å². The number of carbonyl (C=O) groups is 1. The number of nitro groups is 1. The van der Waals surface area contributed by atoms with Crippen molar-refractivity contribution in [3.8, 4) is 0 Å². The summed E-state index contributed by atoms with van der Waals surface area (Å²) in [5.74, 6) is -0.576. The van der Waals surface area contributed by atoms with Crippen LogP contribution in [-0.2, 0) is 4.74 Å². The average molecular weight is 264 g/mol. The molecule has 19 heavy (non-hydrogen) atoms. The van der Waals surface area contributed by atoms with Crippen LogP contribution in [0.25, 0.3) is 0 Å². The van der Waals surface area contributed by atoms with Crippen LogP contribution in [0.15, 0.2) is 18.2 Å². The summed E-state index contributed by atoms with van der Waals surface area (Å²) in [7, 11) is 0. The van der Waals surface area contributed by atoms with Gasteiger partial charge in [0.25, 0.3) is 5.69 Å². The van der Waals surface area contributed by atoms with Crippen molar-refractivity contribution in [2.45, 2.75) is 38.2 Å². The largest absolute Gasteiger partial charge is 0.459 e. The number of nitro benzene ring substituents is 1. The Balaban J connectivity index is 2.13. The maximum absolute atomic E-state index is 12.0. The molecule has 1 aromatic carbocycles. The summed E-state index contributed by atoms with van der Waals surface area (Å²) < 4.78 is 5.35. The molecule has 0 radical (unpaired) electrons. The van der Waals surface area contributed by atoms with Crippen molar-refractivity contribution < 1.29 is 14.5 Å². The summed E-state index contributed by atoms with van der Waals surface area (Å²) in [5.41, 5.74) is 5.78. The standard InChI is InChI=1S/C13H16N2O4/c14-12-7-6-9(15(17)18)8-11(12)13(16)19-10-4-2-1-3-5-10/h6-8,10H,1-5,14H2. The number of hydrogen-bond acceptors (Lipinski definition) is 5. The highest BCUT2D eigenvalue weighted by Crippen LogP contribution is 2.24. The van der Waals surface area contributed by atoms with Crippen LogP contribution in [0.4, 0.5) is 11.4 Å². The molecule has 0 heterocycles. The second-order valence-electron chi connectivity index (χ2n) is 4.69. The van der Waals surface area contributed by atoms with E-state index in [1.54, 1.807) is 0 Å². The van der Waals surface area contributed by atoms with Gasteiger partial charge in [0.2, 0.25) is 0 Å². The molecule has 2 rings (SSSR count). The normalized spacial score (nSPS) is 16.0. The van der Waals surface area contributed by atoms with Crippen LogP contribution in [-0.4, -0.2) is 17.0 Å². The van der Waals surface area contributed by atoms with Gasteiger partial charge >= 0.3 is 5.97 Å². The van der Waals surface area contributed by atoms with Crippen molar-refractivity contribution in [3.05, 3.63) is 33.9 Å². The minimum atomic E-state index is -0.576. The summed E-state index contributed by atoms with van der Waals surface area (Å²) >= 11 is 0. The zero-order valence-electron chi connectivity index (χ0n) is 10.5. The van der Waals surface area contributed by atoms with Crippen molar-refractivity contribution in [1.82, 2.24) is 0 Å². The van der Waals surface area contributed by atoms with Gasteiger partial charge in [-0.1, -0.05) is 6.42 Å². The molecule has 1 saturated carbocycles.